The van der Waals surface area contributed by atoms with E-state index in [1.807, 2.05) is 32.0 Å². The number of hydrogen-bond acceptors (Lipinski definition) is 8. The smallest absolute Gasteiger partial charge is 0.268 e. The van der Waals surface area contributed by atoms with Crippen molar-refractivity contribution in [2.24, 2.45) is 11.8 Å². The van der Waals surface area contributed by atoms with E-state index in [0.29, 0.717) is 43.8 Å². The van der Waals surface area contributed by atoms with Crippen LogP contribution in [-0.2, 0) is 21.5 Å². The molecule has 3 heterocycles. The van der Waals surface area contributed by atoms with Crippen LogP contribution in [0.2, 0.25) is 0 Å². The third-order valence-electron chi connectivity index (χ3n) is 7.75. The zero-order chi connectivity index (χ0) is 32.7. The first kappa shape index (κ1) is 33.9. The molecule has 4 atom stereocenters. The third kappa shape index (κ3) is 8.79. The van der Waals surface area contributed by atoms with Gasteiger partial charge in [-0.2, -0.15) is 5.26 Å². The minimum Gasteiger partial charge on any atom is -0.496 e. The summed E-state index contributed by atoms with van der Waals surface area (Å²) in [5.41, 5.74) is 1.79. The predicted molar refractivity (Wildman–Crippen MR) is 174 cm³/mol. The van der Waals surface area contributed by atoms with E-state index in [-0.39, 0.29) is 23.2 Å². The number of rotatable bonds is 14. The molecule has 0 saturated carbocycles. The maximum absolute atomic E-state index is 13.8. The zero-order valence-corrected chi connectivity index (χ0v) is 27.6. The summed E-state index contributed by atoms with van der Waals surface area (Å²) in [4.78, 5) is 50.5. The lowest BCUT2D eigenvalue weighted by atomic mass is 9.95. The maximum atomic E-state index is 13.8. The fourth-order valence-corrected chi connectivity index (χ4v) is 6.14. The Morgan fingerprint density at radius 3 is 2.62 bits per heavy atom. The van der Waals surface area contributed by atoms with Crippen molar-refractivity contribution in [2.75, 3.05) is 13.7 Å². The lowest BCUT2D eigenvalue weighted by molar-refractivity contribution is -0.125. The van der Waals surface area contributed by atoms with Gasteiger partial charge in [-0.05, 0) is 43.4 Å². The van der Waals surface area contributed by atoms with Crippen molar-refractivity contribution in [1.82, 2.24) is 35.6 Å². The summed E-state index contributed by atoms with van der Waals surface area (Å²) in [6, 6.07) is 7.99. The second kappa shape index (κ2) is 14.8. The van der Waals surface area contributed by atoms with Crippen LogP contribution in [0.4, 0.5) is 0 Å². The third-order valence-corrected chi connectivity index (χ3v) is 8.75. The molecule has 0 aliphatic carbocycles. The molecule has 1 aliphatic rings. The summed E-state index contributed by atoms with van der Waals surface area (Å²) in [6.45, 7) is 11.1. The van der Waals surface area contributed by atoms with Crippen molar-refractivity contribution < 1.29 is 19.1 Å². The van der Waals surface area contributed by atoms with Gasteiger partial charge >= 0.3 is 0 Å². The highest BCUT2D eigenvalue weighted by molar-refractivity contribution is 7.98. The highest BCUT2D eigenvalue weighted by Crippen LogP contribution is 2.27. The van der Waals surface area contributed by atoms with Gasteiger partial charge in [0.25, 0.3) is 5.91 Å². The number of amides is 3. The lowest BCUT2D eigenvalue weighted by Gasteiger charge is -2.28. The van der Waals surface area contributed by atoms with E-state index in [4.69, 9.17) is 4.74 Å². The molecule has 1 fully saturated rings. The number of ether oxygens (including phenoxy) is 1. The number of H-pyrrole nitrogens is 2. The van der Waals surface area contributed by atoms with E-state index in [1.54, 1.807) is 19.4 Å². The van der Waals surface area contributed by atoms with Crippen LogP contribution >= 0.6 is 11.9 Å². The zero-order valence-electron chi connectivity index (χ0n) is 26.7. The van der Waals surface area contributed by atoms with E-state index < -0.39 is 29.1 Å². The Hall–Kier alpha value is -4.02. The van der Waals surface area contributed by atoms with Gasteiger partial charge in [0.1, 0.15) is 28.6 Å². The molecular weight excluding hydrogens is 592 g/mol. The van der Waals surface area contributed by atoms with E-state index in [9.17, 15) is 19.6 Å². The topological polar surface area (TPSA) is 177 Å². The minimum absolute atomic E-state index is 0.0858. The SMILES string of the molecule is COc1cccc2[nH]c(C(=O)N[C@@H](CC(C)C)C(=O)N[C@@H](C[C@@H]3CCNC3=O)C(C#N)SNCc3cnc(C(C)(C)C)[nH]3)cc12. The first-order valence-electron chi connectivity index (χ1n) is 15.3. The van der Waals surface area contributed by atoms with Crippen molar-refractivity contribution in [3.63, 3.8) is 0 Å². The first-order chi connectivity index (χ1) is 21.4. The quantitative estimate of drug-likeness (QED) is 0.145. The number of carbonyl (C=O) groups excluding carboxylic acids is 3. The van der Waals surface area contributed by atoms with Gasteiger partial charge < -0.3 is 30.7 Å². The molecule has 3 amide bonds. The van der Waals surface area contributed by atoms with Crippen molar-refractivity contribution in [3.05, 3.63) is 47.7 Å². The van der Waals surface area contributed by atoms with Crippen LogP contribution in [0.25, 0.3) is 10.9 Å². The summed E-state index contributed by atoms with van der Waals surface area (Å²) >= 11 is 1.20. The molecule has 0 spiro atoms. The van der Waals surface area contributed by atoms with Crippen molar-refractivity contribution in [2.45, 2.75) is 83.2 Å². The summed E-state index contributed by atoms with van der Waals surface area (Å²) in [5.74, 6) is 0.349. The summed E-state index contributed by atoms with van der Waals surface area (Å²) in [6.07, 6.45) is 3.07. The molecule has 1 aromatic carbocycles. The number of imidazole rings is 1. The maximum Gasteiger partial charge on any atom is 0.268 e. The second-order valence-electron chi connectivity index (χ2n) is 12.9. The molecule has 1 saturated heterocycles. The molecule has 1 aliphatic heterocycles. The average Bonchev–Trinajstić information content (AvgIpc) is 3.74. The molecule has 3 aromatic rings. The normalized spacial score (nSPS) is 17.0. The van der Waals surface area contributed by atoms with Crippen LogP contribution in [0.5, 0.6) is 5.75 Å². The lowest BCUT2D eigenvalue weighted by Crippen LogP contribution is -2.53. The van der Waals surface area contributed by atoms with Crippen LogP contribution in [0.1, 0.15) is 75.9 Å². The van der Waals surface area contributed by atoms with Gasteiger partial charge in [0.15, 0.2) is 0 Å². The number of nitrogens with zero attached hydrogens (tertiary/aromatic N) is 2. The highest BCUT2D eigenvalue weighted by Gasteiger charge is 2.34. The molecule has 12 nitrogen and oxygen atoms in total. The number of nitrogens with one attached hydrogen (secondary N) is 6. The summed E-state index contributed by atoms with van der Waals surface area (Å²) in [7, 11) is 1.57. The number of benzene rings is 1. The van der Waals surface area contributed by atoms with Crippen LogP contribution in [0.3, 0.4) is 0 Å². The summed E-state index contributed by atoms with van der Waals surface area (Å²) in [5, 5.41) is 19.0. The molecule has 13 heteroatoms. The largest absolute Gasteiger partial charge is 0.496 e. The van der Waals surface area contributed by atoms with Gasteiger partial charge in [0, 0.05) is 47.2 Å². The molecule has 0 radical (unpaired) electrons. The van der Waals surface area contributed by atoms with Gasteiger partial charge in [-0.3, -0.25) is 19.1 Å². The number of nitriles is 1. The fourth-order valence-electron chi connectivity index (χ4n) is 5.32. The Morgan fingerprint density at radius 2 is 2.00 bits per heavy atom. The molecule has 45 heavy (non-hydrogen) atoms. The monoisotopic (exact) mass is 636 g/mol. The summed E-state index contributed by atoms with van der Waals surface area (Å²) < 4.78 is 8.65. The highest BCUT2D eigenvalue weighted by atomic mass is 32.2. The van der Waals surface area contributed by atoms with Crippen molar-refractivity contribution >= 4 is 40.6 Å². The average molecular weight is 637 g/mol. The molecule has 4 rings (SSSR count). The van der Waals surface area contributed by atoms with Gasteiger partial charge in [0.2, 0.25) is 11.8 Å². The number of aromatic nitrogens is 3. The predicted octanol–water partition coefficient (Wildman–Crippen LogP) is 3.68. The number of aromatic amines is 2. The molecule has 2 aromatic heterocycles. The minimum atomic E-state index is -0.858. The number of hydrogen-bond donors (Lipinski definition) is 6. The van der Waals surface area contributed by atoms with Crippen LogP contribution < -0.4 is 25.4 Å². The van der Waals surface area contributed by atoms with Gasteiger partial charge in [0.05, 0.1) is 19.2 Å². The second-order valence-corrected chi connectivity index (χ2v) is 13.9. The molecule has 6 N–H and O–H groups in total. The van der Waals surface area contributed by atoms with E-state index >= 15 is 0 Å². The Bertz CT molecular complexity index is 1540. The van der Waals surface area contributed by atoms with E-state index in [0.717, 1.165) is 22.4 Å². The standard InChI is InChI=1S/C32H44N8O4S/c1-18(2)12-24(40-30(43)25-14-21-22(38-25)8-7-9-26(21)44-6)29(42)39-23(13-19-10-11-34-28(19)41)27(15-33)45-36-17-20-16-35-31(37-20)32(3,4)5/h7-9,14,16,18-19,23-24,27,36,38H,10-13,17H2,1-6H3,(H,34,41)(H,35,37)(H,39,42)(H,40,43)/t19-,23-,24-,27?/m0/s1. The molecule has 0 bridgehead atoms. The van der Waals surface area contributed by atoms with Crippen LogP contribution in [-0.4, -0.2) is 63.7 Å². The van der Waals surface area contributed by atoms with Gasteiger partial charge in [-0.15, -0.1) is 0 Å². The Labute approximate surface area is 268 Å². The number of methoxy groups -OCH3 is 1. The molecule has 242 valence electrons. The number of fused-ring (bicyclic) bond motifs is 1. The molecule has 1 unspecified atom stereocenters. The molecular formula is C32H44N8O4S. The first-order valence-corrected chi connectivity index (χ1v) is 16.1. The van der Waals surface area contributed by atoms with E-state index in [2.05, 4.69) is 62.5 Å². The van der Waals surface area contributed by atoms with Gasteiger partial charge in [-0.25, -0.2) is 4.98 Å². The fraction of sp³-hybridized carbons (Fsp3) is 0.531. The van der Waals surface area contributed by atoms with Crippen LogP contribution in [0, 0.1) is 23.2 Å². The van der Waals surface area contributed by atoms with E-state index in [1.165, 1.54) is 11.9 Å². The van der Waals surface area contributed by atoms with Crippen molar-refractivity contribution in [1.29, 1.82) is 5.26 Å². The number of carbonyl (C=O) groups is 3. The van der Waals surface area contributed by atoms with Gasteiger partial charge in [-0.1, -0.05) is 52.6 Å². The Morgan fingerprint density at radius 1 is 1.22 bits per heavy atom. The van der Waals surface area contributed by atoms with Crippen molar-refractivity contribution in [3.8, 4) is 11.8 Å². The van der Waals surface area contributed by atoms with Crippen LogP contribution in [0.15, 0.2) is 30.5 Å². The Balaban J connectivity index is 1.48. The Kier molecular flexibility index (Phi) is 11.2.